The van der Waals surface area contributed by atoms with Crippen LogP contribution in [0.4, 0.5) is 11.6 Å². The second kappa shape index (κ2) is 5.00. The Balaban J connectivity index is 2.18. The smallest absolute Gasteiger partial charge is 0.135 e. The highest BCUT2D eigenvalue weighted by molar-refractivity contribution is 5.54. The number of hydrogen-bond donors (Lipinski definition) is 2. The van der Waals surface area contributed by atoms with E-state index in [4.69, 9.17) is 5.73 Å². The molecule has 0 aliphatic carbocycles. The predicted molar refractivity (Wildman–Crippen MR) is 72.2 cm³/mol. The van der Waals surface area contributed by atoms with E-state index < -0.39 is 0 Å². The topological polar surface area (TPSA) is 76.7 Å². The maximum Gasteiger partial charge on any atom is 0.135 e. The number of anilines is 2. The zero-order valence-electron chi connectivity index (χ0n) is 10.9. The summed E-state index contributed by atoms with van der Waals surface area (Å²) >= 11 is 0. The molecule has 0 fully saturated rings. The number of aryl methyl sites for hydroxylation is 2. The van der Waals surface area contributed by atoms with Gasteiger partial charge in [0.25, 0.3) is 0 Å². The van der Waals surface area contributed by atoms with Crippen molar-refractivity contribution in [3.05, 3.63) is 41.0 Å². The molecule has 5 heteroatoms. The zero-order chi connectivity index (χ0) is 13.1. The van der Waals surface area contributed by atoms with Crippen LogP contribution in [-0.4, -0.2) is 15.0 Å². The van der Waals surface area contributed by atoms with E-state index in [0.717, 1.165) is 22.6 Å². The van der Waals surface area contributed by atoms with Crippen LogP contribution in [0.2, 0.25) is 0 Å². The van der Waals surface area contributed by atoms with Gasteiger partial charge in [0.1, 0.15) is 17.5 Å². The summed E-state index contributed by atoms with van der Waals surface area (Å²) in [6, 6.07) is 3.97. The normalized spacial score (nSPS) is 10.4. The van der Waals surface area contributed by atoms with Crippen LogP contribution in [0, 0.1) is 20.8 Å². The number of nitrogens with one attached hydrogen (secondary N) is 1. The van der Waals surface area contributed by atoms with Crippen molar-refractivity contribution in [1.82, 2.24) is 15.0 Å². The third-order valence-electron chi connectivity index (χ3n) is 2.84. The monoisotopic (exact) mass is 243 g/mol. The first kappa shape index (κ1) is 12.3. The molecule has 0 amide bonds. The number of pyridine rings is 1. The van der Waals surface area contributed by atoms with Crippen LogP contribution < -0.4 is 11.1 Å². The SMILES string of the molecule is Cc1nc(N)c(C)c(NCc2ncccc2C)n1. The van der Waals surface area contributed by atoms with E-state index in [0.29, 0.717) is 18.2 Å². The van der Waals surface area contributed by atoms with Crippen molar-refractivity contribution in [2.24, 2.45) is 0 Å². The molecule has 0 atom stereocenters. The minimum absolute atomic E-state index is 0.516. The van der Waals surface area contributed by atoms with E-state index in [1.807, 2.05) is 32.9 Å². The number of nitrogens with zero attached hydrogens (tertiary/aromatic N) is 3. The van der Waals surface area contributed by atoms with Gasteiger partial charge in [-0.3, -0.25) is 4.98 Å². The summed E-state index contributed by atoms with van der Waals surface area (Å²) < 4.78 is 0. The molecule has 0 saturated carbocycles. The number of hydrogen-bond acceptors (Lipinski definition) is 5. The molecule has 2 aromatic heterocycles. The first-order valence-corrected chi connectivity index (χ1v) is 5.83. The van der Waals surface area contributed by atoms with Crippen LogP contribution in [-0.2, 0) is 6.54 Å². The molecule has 0 unspecified atom stereocenters. The lowest BCUT2D eigenvalue weighted by molar-refractivity contribution is 0.973. The molecule has 0 aromatic carbocycles. The Morgan fingerprint density at radius 2 is 2.00 bits per heavy atom. The first-order chi connectivity index (χ1) is 8.58. The summed E-state index contributed by atoms with van der Waals surface area (Å²) in [4.78, 5) is 12.8. The van der Waals surface area contributed by atoms with Crippen molar-refractivity contribution in [3.63, 3.8) is 0 Å². The first-order valence-electron chi connectivity index (χ1n) is 5.83. The van der Waals surface area contributed by atoms with Gasteiger partial charge in [0, 0.05) is 11.8 Å². The van der Waals surface area contributed by atoms with Gasteiger partial charge in [-0.2, -0.15) is 0 Å². The van der Waals surface area contributed by atoms with E-state index in [2.05, 4.69) is 20.3 Å². The van der Waals surface area contributed by atoms with Crippen LogP contribution >= 0.6 is 0 Å². The van der Waals surface area contributed by atoms with Crippen LogP contribution in [0.25, 0.3) is 0 Å². The van der Waals surface area contributed by atoms with Gasteiger partial charge in [-0.05, 0) is 32.4 Å². The van der Waals surface area contributed by atoms with E-state index >= 15 is 0 Å². The maximum absolute atomic E-state index is 5.81. The molecular weight excluding hydrogens is 226 g/mol. The van der Waals surface area contributed by atoms with Crippen molar-refractivity contribution in [3.8, 4) is 0 Å². The van der Waals surface area contributed by atoms with Gasteiger partial charge in [-0.1, -0.05) is 6.07 Å². The fourth-order valence-electron chi connectivity index (χ4n) is 1.69. The molecule has 0 aliphatic rings. The van der Waals surface area contributed by atoms with Crippen molar-refractivity contribution < 1.29 is 0 Å². The van der Waals surface area contributed by atoms with Gasteiger partial charge < -0.3 is 11.1 Å². The molecule has 3 N–H and O–H groups in total. The number of nitrogen functional groups attached to an aromatic ring is 1. The predicted octanol–water partition coefficient (Wildman–Crippen LogP) is 1.99. The zero-order valence-corrected chi connectivity index (χ0v) is 10.9. The highest BCUT2D eigenvalue weighted by Crippen LogP contribution is 2.17. The van der Waals surface area contributed by atoms with Gasteiger partial charge in [0.05, 0.1) is 12.2 Å². The fourth-order valence-corrected chi connectivity index (χ4v) is 1.69. The molecule has 2 aromatic rings. The molecule has 0 bridgehead atoms. The van der Waals surface area contributed by atoms with Gasteiger partial charge in [0.2, 0.25) is 0 Å². The Labute approximate surface area is 106 Å². The summed E-state index contributed by atoms with van der Waals surface area (Å²) in [6.45, 7) is 6.40. The van der Waals surface area contributed by atoms with Crippen molar-refractivity contribution in [1.29, 1.82) is 0 Å². The molecule has 18 heavy (non-hydrogen) atoms. The highest BCUT2D eigenvalue weighted by atomic mass is 15.1. The number of rotatable bonds is 3. The lowest BCUT2D eigenvalue weighted by Gasteiger charge is -2.11. The van der Waals surface area contributed by atoms with Crippen LogP contribution in [0.5, 0.6) is 0 Å². The van der Waals surface area contributed by atoms with Crippen LogP contribution in [0.3, 0.4) is 0 Å². The molecule has 0 spiro atoms. The summed E-state index contributed by atoms with van der Waals surface area (Å²) in [5.41, 5.74) is 8.84. The lowest BCUT2D eigenvalue weighted by Crippen LogP contribution is -2.09. The largest absolute Gasteiger partial charge is 0.383 e. The standard InChI is InChI=1S/C13H17N5/c1-8-5-4-6-15-11(8)7-16-13-9(2)12(14)17-10(3)18-13/h4-6H,7H2,1-3H3,(H3,14,16,17,18). The second-order valence-corrected chi connectivity index (χ2v) is 4.25. The second-order valence-electron chi connectivity index (χ2n) is 4.25. The Kier molecular flexibility index (Phi) is 3.41. The van der Waals surface area contributed by atoms with Crippen LogP contribution in [0.1, 0.15) is 22.6 Å². The highest BCUT2D eigenvalue weighted by Gasteiger charge is 2.07. The van der Waals surface area contributed by atoms with E-state index in [1.165, 1.54) is 0 Å². The molecular formula is C13H17N5. The molecule has 5 nitrogen and oxygen atoms in total. The molecule has 94 valence electrons. The van der Waals surface area contributed by atoms with E-state index in [9.17, 15) is 0 Å². The summed E-state index contributed by atoms with van der Waals surface area (Å²) in [6.07, 6.45) is 1.79. The fraction of sp³-hybridized carbons (Fsp3) is 0.308. The maximum atomic E-state index is 5.81. The van der Waals surface area contributed by atoms with E-state index in [1.54, 1.807) is 6.20 Å². The Morgan fingerprint density at radius 3 is 2.72 bits per heavy atom. The molecule has 0 saturated heterocycles. The van der Waals surface area contributed by atoms with Gasteiger partial charge in [-0.25, -0.2) is 9.97 Å². The van der Waals surface area contributed by atoms with Crippen molar-refractivity contribution in [2.75, 3.05) is 11.1 Å². The van der Waals surface area contributed by atoms with Crippen LogP contribution in [0.15, 0.2) is 18.3 Å². The number of aromatic nitrogens is 3. The Bertz CT molecular complexity index is 565. The minimum atomic E-state index is 0.516. The Hall–Kier alpha value is -2.17. The third kappa shape index (κ3) is 2.56. The molecule has 0 aliphatic heterocycles. The summed E-state index contributed by atoms with van der Waals surface area (Å²) in [7, 11) is 0. The van der Waals surface area contributed by atoms with E-state index in [-0.39, 0.29) is 0 Å². The average Bonchev–Trinajstić information content (AvgIpc) is 2.33. The third-order valence-corrected chi connectivity index (χ3v) is 2.84. The molecule has 0 radical (unpaired) electrons. The lowest BCUT2D eigenvalue weighted by atomic mass is 10.2. The van der Waals surface area contributed by atoms with Crippen molar-refractivity contribution in [2.45, 2.75) is 27.3 Å². The average molecular weight is 243 g/mol. The molecule has 2 heterocycles. The quantitative estimate of drug-likeness (QED) is 0.862. The number of nitrogens with two attached hydrogens (primary N) is 1. The summed E-state index contributed by atoms with van der Waals surface area (Å²) in [5, 5.41) is 3.26. The van der Waals surface area contributed by atoms with Gasteiger partial charge in [0.15, 0.2) is 0 Å². The van der Waals surface area contributed by atoms with Crippen molar-refractivity contribution >= 4 is 11.6 Å². The molecule has 2 rings (SSSR count). The van der Waals surface area contributed by atoms with Gasteiger partial charge in [-0.15, -0.1) is 0 Å². The van der Waals surface area contributed by atoms with Gasteiger partial charge >= 0.3 is 0 Å². The Morgan fingerprint density at radius 1 is 1.22 bits per heavy atom. The summed E-state index contributed by atoms with van der Waals surface area (Å²) in [5.74, 6) is 1.95. The minimum Gasteiger partial charge on any atom is -0.383 e.